The predicted octanol–water partition coefficient (Wildman–Crippen LogP) is 3.32. The Morgan fingerprint density at radius 1 is 1.35 bits per heavy atom. The second kappa shape index (κ2) is 10.5. The van der Waals surface area contributed by atoms with Crippen LogP contribution in [0.3, 0.4) is 0 Å². The van der Waals surface area contributed by atoms with Gasteiger partial charge in [-0.3, -0.25) is 9.59 Å². The van der Waals surface area contributed by atoms with Crippen LogP contribution in [0.5, 0.6) is 0 Å². The Bertz CT molecular complexity index is 942. The van der Waals surface area contributed by atoms with Crippen molar-refractivity contribution < 1.29 is 28.9 Å². The highest BCUT2D eigenvalue weighted by Gasteiger charge is 2.48. The van der Waals surface area contributed by atoms with Crippen molar-refractivity contribution in [1.82, 2.24) is 5.32 Å². The third-order valence-electron chi connectivity index (χ3n) is 5.77. The van der Waals surface area contributed by atoms with Crippen LogP contribution in [0, 0.1) is 5.41 Å². The lowest BCUT2D eigenvalue weighted by molar-refractivity contribution is -0.334. The average molecular weight is 539 g/mol. The maximum Gasteiger partial charge on any atom is 0.252 e. The molecule has 188 valence electrons. The monoisotopic (exact) mass is 538 g/mol. The number of hydrogen-bond acceptors (Lipinski definition) is 6. The third kappa shape index (κ3) is 6.66. The van der Waals surface area contributed by atoms with Gasteiger partial charge in [0.1, 0.15) is 24.4 Å². The van der Waals surface area contributed by atoms with Crippen molar-refractivity contribution in [3.05, 3.63) is 40.4 Å². The molecule has 2 aliphatic rings. The van der Waals surface area contributed by atoms with Gasteiger partial charge in [0.15, 0.2) is 11.9 Å². The minimum Gasteiger partial charge on any atom is -0.387 e. The summed E-state index contributed by atoms with van der Waals surface area (Å²) in [6.07, 6.45) is 0.811. The van der Waals surface area contributed by atoms with Gasteiger partial charge >= 0.3 is 0 Å². The Hall–Kier alpha value is -1.78. The number of carbonyl (C=O) groups excluding carboxylic acids is 2. The number of fused-ring (bicyclic) bond motifs is 1. The molecule has 1 unspecified atom stereocenters. The number of benzene rings is 1. The molecule has 0 aromatic heterocycles. The maximum absolute atomic E-state index is 13.2. The van der Waals surface area contributed by atoms with Gasteiger partial charge in [-0.2, -0.15) is 0 Å². The Morgan fingerprint density at radius 3 is 2.71 bits per heavy atom. The van der Waals surface area contributed by atoms with Gasteiger partial charge in [-0.1, -0.05) is 48.9 Å². The fraction of sp³-hybridized carbons (Fsp3) is 0.600. The number of aliphatic hydroxyl groups excluding tert-OH is 1. The molecule has 8 nitrogen and oxygen atoms in total. The van der Waals surface area contributed by atoms with Gasteiger partial charge in [0.25, 0.3) is 5.91 Å². The number of amides is 2. The van der Waals surface area contributed by atoms with Gasteiger partial charge in [0.2, 0.25) is 5.91 Å². The van der Waals surface area contributed by atoms with E-state index >= 15 is 0 Å². The van der Waals surface area contributed by atoms with E-state index in [1.807, 2.05) is 45.0 Å². The van der Waals surface area contributed by atoms with Crippen molar-refractivity contribution in [2.75, 3.05) is 12.4 Å². The lowest BCUT2D eigenvalue weighted by Gasteiger charge is -2.45. The van der Waals surface area contributed by atoms with Crippen molar-refractivity contribution in [3.8, 4) is 0 Å². The zero-order chi connectivity index (χ0) is 25.3. The van der Waals surface area contributed by atoms with E-state index in [-0.39, 0.29) is 11.3 Å². The van der Waals surface area contributed by atoms with E-state index < -0.39 is 42.2 Å². The normalized spacial score (nSPS) is 28.1. The molecular weight excluding hydrogens is 504 g/mol. The Morgan fingerprint density at radius 2 is 2.06 bits per heavy atom. The SMILES string of the molecule is CO[C@@H](C(=O)NC1CCc2cc(Br)ccc2NC1=O)[C@@H]1OC(C)(C)O[C@H](/C=C/C(C)(C)C)[C@@H]1O. The van der Waals surface area contributed by atoms with Crippen LogP contribution in [0.25, 0.3) is 0 Å². The highest BCUT2D eigenvalue weighted by atomic mass is 79.9. The van der Waals surface area contributed by atoms with E-state index in [0.717, 1.165) is 15.7 Å². The first-order valence-corrected chi connectivity index (χ1v) is 12.2. The second-order valence-electron chi connectivity index (χ2n) is 10.3. The Kier molecular flexibility index (Phi) is 8.25. The van der Waals surface area contributed by atoms with Crippen LogP contribution in [0.1, 0.15) is 46.6 Å². The number of allylic oxidation sites excluding steroid dienone is 1. The summed E-state index contributed by atoms with van der Waals surface area (Å²) in [6, 6.07) is 4.89. The summed E-state index contributed by atoms with van der Waals surface area (Å²) in [7, 11) is 1.38. The van der Waals surface area contributed by atoms with Crippen LogP contribution in [-0.2, 0) is 30.2 Å². The molecule has 1 aromatic rings. The number of carbonyl (C=O) groups is 2. The highest BCUT2D eigenvalue weighted by Crippen LogP contribution is 2.32. The predicted molar refractivity (Wildman–Crippen MR) is 132 cm³/mol. The summed E-state index contributed by atoms with van der Waals surface area (Å²) in [5, 5.41) is 16.7. The van der Waals surface area contributed by atoms with E-state index in [2.05, 4.69) is 26.6 Å². The molecular formula is C25H35BrN2O6. The summed E-state index contributed by atoms with van der Waals surface area (Å²) in [6.45, 7) is 9.57. The first-order chi connectivity index (χ1) is 15.8. The number of nitrogens with one attached hydrogen (secondary N) is 2. The summed E-state index contributed by atoms with van der Waals surface area (Å²) in [5.41, 5.74) is 1.60. The van der Waals surface area contributed by atoms with E-state index in [9.17, 15) is 14.7 Å². The van der Waals surface area contributed by atoms with Gasteiger partial charge in [-0.25, -0.2) is 0 Å². The molecule has 1 aromatic carbocycles. The van der Waals surface area contributed by atoms with Gasteiger partial charge < -0.3 is 30.0 Å². The first kappa shape index (κ1) is 26.8. The van der Waals surface area contributed by atoms with Crippen LogP contribution in [0.15, 0.2) is 34.8 Å². The summed E-state index contributed by atoms with van der Waals surface area (Å²) in [4.78, 5) is 26.0. The van der Waals surface area contributed by atoms with Gasteiger partial charge in [-0.05, 0) is 55.9 Å². The van der Waals surface area contributed by atoms with E-state index in [0.29, 0.717) is 12.8 Å². The van der Waals surface area contributed by atoms with Crippen molar-refractivity contribution in [2.45, 2.75) is 83.7 Å². The molecule has 3 N–H and O–H groups in total. The standard InChI is InChI=1S/C25H35BrN2O6/c1-24(2,3)12-11-18-19(29)20(34-25(4,5)33-18)21(32-6)23(31)28-17-9-7-14-13-15(26)8-10-16(14)27-22(17)30/h8,10-13,17-21,29H,7,9H2,1-6H3,(H,27,30)(H,28,31)/b12-11+/t17?,18-,19+,20-,21-/m1/s1. The number of ether oxygens (including phenoxy) is 3. The highest BCUT2D eigenvalue weighted by molar-refractivity contribution is 9.10. The minimum absolute atomic E-state index is 0.112. The molecule has 0 aliphatic carbocycles. The van der Waals surface area contributed by atoms with Crippen molar-refractivity contribution >= 4 is 33.4 Å². The Balaban J connectivity index is 1.75. The lowest BCUT2D eigenvalue weighted by atomic mass is 9.93. The van der Waals surface area contributed by atoms with Crippen LogP contribution in [-0.4, -0.2) is 60.3 Å². The summed E-state index contributed by atoms with van der Waals surface area (Å²) >= 11 is 3.45. The van der Waals surface area contributed by atoms with Crippen molar-refractivity contribution in [1.29, 1.82) is 0 Å². The summed E-state index contributed by atoms with van der Waals surface area (Å²) in [5.74, 6) is -1.89. The molecule has 2 heterocycles. The van der Waals surface area contributed by atoms with Crippen LogP contribution in [0.4, 0.5) is 5.69 Å². The molecule has 9 heteroatoms. The number of hydrogen-bond donors (Lipinski definition) is 3. The van der Waals surface area contributed by atoms with Gasteiger partial charge in [0, 0.05) is 17.3 Å². The fourth-order valence-corrected chi connectivity index (χ4v) is 4.52. The molecule has 0 spiro atoms. The topological polar surface area (TPSA) is 106 Å². The molecule has 2 aliphatic heterocycles. The molecule has 0 saturated carbocycles. The summed E-state index contributed by atoms with van der Waals surface area (Å²) < 4.78 is 18.2. The number of methoxy groups -OCH3 is 1. The molecule has 2 amide bonds. The average Bonchev–Trinajstić information content (AvgIpc) is 2.87. The number of rotatable bonds is 5. The number of aliphatic hydroxyl groups is 1. The van der Waals surface area contributed by atoms with Crippen molar-refractivity contribution in [2.24, 2.45) is 5.41 Å². The van der Waals surface area contributed by atoms with Crippen LogP contribution >= 0.6 is 15.9 Å². The number of halogens is 1. The largest absolute Gasteiger partial charge is 0.387 e. The number of aryl methyl sites for hydroxylation is 1. The minimum atomic E-state index is -1.15. The molecule has 34 heavy (non-hydrogen) atoms. The zero-order valence-electron chi connectivity index (χ0n) is 20.6. The zero-order valence-corrected chi connectivity index (χ0v) is 22.1. The van der Waals surface area contributed by atoms with Gasteiger partial charge in [-0.15, -0.1) is 0 Å². The van der Waals surface area contributed by atoms with E-state index in [1.54, 1.807) is 19.9 Å². The quantitative estimate of drug-likeness (QED) is 0.496. The maximum atomic E-state index is 13.2. The van der Waals surface area contributed by atoms with Gasteiger partial charge in [0.05, 0.1) is 0 Å². The second-order valence-corrected chi connectivity index (χ2v) is 11.2. The van der Waals surface area contributed by atoms with Crippen molar-refractivity contribution in [3.63, 3.8) is 0 Å². The lowest BCUT2D eigenvalue weighted by Crippen LogP contribution is -2.61. The molecule has 5 atom stereocenters. The molecule has 1 saturated heterocycles. The Labute approximate surface area is 209 Å². The van der Waals surface area contributed by atoms with Crippen LogP contribution in [0.2, 0.25) is 0 Å². The first-order valence-electron chi connectivity index (χ1n) is 11.5. The van der Waals surface area contributed by atoms with E-state index in [4.69, 9.17) is 14.2 Å². The fourth-order valence-electron chi connectivity index (χ4n) is 4.11. The number of anilines is 1. The van der Waals surface area contributed by atoms with E-state index in [1.165, 1.54) is 7.11 Å². The third-order valence-corrected chi connectivity index (χ3v) is 6.26. The molecule has 0 bridgehead atoms. The smallest absolute Gasteiger partial charge is 0.252 e. The van der Waals surface area contributed by atoms with Crippen LogP contribution < -0.4 is 10.6 Å². The molecule has 0 radical (unpaired) electrons. The molecule has 1 fully saturated rings. The molecule has 3 rings (SSSR count).